The minimum atomic E-state index is -0.303. The second kappa shape index (κ2) is 23.1. The van der Waals surface area contributed by atoms with Crippen molar-refractivity contribution in [2.75, 3.05) is 19.6 Å². The van der Waals surface area contributed by atoms with Crippen molar-refractivity contribution in [2.24, 2.45) is 0 Å². The first-order valence-electron chi connectivity index (χ1n) is 35.0. The Bertz CT molecular complexity index is 4450. The van der Waals surface area contributed by atoms with E-state index in [4.69, 9.17) is 0 Å². The number of rotatable bonds is 9. The maximum Gasteiger partial charge on any atom is 0.252 e. The van der Waals surface area contributed by atoms with E-state index in [-0.39, 0.29) is 44.6 Å². The van der Waals surface area contributed by atoms with Crippen molar-refractivity contribution in [3.8, 4) is 11.1 Å². The summed E-state index contributed by atoms with van der Waals surface area (Å²) >= 11 is 0. The fourth-order valence-corrected chi connectivity index (χ4v) is 15.2. The van der Waals surface area contributed by atoms with Crippen LogP contribution in [0.1, 0.15) is 194 Å². The van der Waals surface area contributed by atoms with Crippen molar-refractivity contribution in [3.63, 3.8) is 0 Å². The summed E-state index contributed by atoms with van der Waals surface area (Å²) in [6.07, 6.45) is 2.21. The molecule has 10 aromatic rings. The molecule has 484 valence electrons. The number of hydrogen-bond acceptors (Lipinski definition) is 4. The molecule has 0 radical (unpaired) electrons. The van der Waals surface area contributed by atoms with Gasteiger partial charge in [-0.1, -0.05) is 246 Å². The fourth-order valence-electron chi connectivity index (χ4n) is 15.2. The lowest BCUT2D eigenvalue weighted by Crippen LogP contribution is -2.62. The monoisotopic (exact) mass is 1250 g/mol. The number of hydrogen-bond donors (Lipinski definition) is 0. The van der Waals surface area contributed by atoms with E-state index in [2.05, 4.69) is 371 Å². The van der Waals surface area contributed by atoms with Gasteiger partial charge < -0.3 is 19.6 Å². The molecule has 0 saturated heterocycles. The lowest BCUT2D eigenvalue weighted by atomic mass is 9.33. The zero-order valence-electron chi connectivity index (χ0n) is 60.9. The van der Waals surface area contributed by atoms with Crippen LogP contribution in [0.15, 0.2) is 206 Å². The largest absolute Gasteiger partial charge is 0.311 e. The SMILES string of the molecule is Cc1ccc(N(c2ccc(C)cc2)c2cc3c(cc2C(C)(C)C)N(c2cccc(C(C)(C)C)c2)c2cc(N(c4ccc(C(C)(C)C)cc4)c4ccc(C(C)(C)C)cc4)cc4c2B3c2cc3c(cc2N4c2ccc(C(C)(C)C)cc2-c2ccccc2)C(C)(C)CCC3(C)C)cc1. The molecule has 0 bridgehead atoms. The minimum Gasteiger partial charge on any atom is -0.311 e. The number of anilines is 12. The lowest BCUT2D eigenvalue weighted by Gasteiger charge is -2.48. The molecule has 3 aliphatic rings. The van der Waals surface area contributed by atoms with Gasteiger partial charge in [-0.2, -0.15) is 0 Å². The quantitative estimate of drug-likeness (QED) is 0.134. The Hall–Kier alpha value is -8.54. The highest BCUT2D eigenvalue weighted by Crippen LogP contribution is 2.55. The molecule has 95 heavy (non-hydrogen) atoms. The summed E-state index contributed by atoms with van der Waals surface area (Å²) in [5.41, 5.74) is 31.2. The van der Waals surface area contributed by atoms with Gasteiger partial charge in [0.05, 0.1) is 11.4 Å². The molecule has 10 aromatic carbocycles. The van der Waals surface area contributed by atoms with Gasteiger partial charge in [0.25, 0.3) is 6.71 Å². The predicted molar refractivity (Wildman–Crippen MR) is 414 cm³/mol. The van der Waals surface area contributed by atoms with Crippen molar-refractivity contribution in [1.82, 2.24) is 0 Å². The summed E-state index contributed by atoms with van der Waals surface area (Å²) in [6, 6.07) is 81.1. The van der Waals surface area contributed by atoms with Crippen LogP contribution in [0.5, 0.6) is 0 Å². The van der Waals surface area contributed by atoms with Gasteiger partial charge in [0.2, 0.25) is 0 Å². The van der Waals surface area contributed by atoms with E-state index in [0.29, 0.717) is 0 Å². The van der Waals surface area contributed by atoms with Crippen LogP contribution in [0.4, 0.5) is 68.2 Å². The average molecular weight is 1250 g/mol. The van der Waals surface area contributed by atoms with Crippen molar-refractivity contribution < 1.29 is 0 Å². The van der Waals surface area contributed by atoms with Gasteiger partial charge in [0, 0.05) is 62.4 Å². The Labute approximate surface area is 571 Å². The van der Waals surface area contributed by atoms with E-state index >= 15 is 0 Å². The third-order valence-electron chi connectivity index (χ3n) is 21.2. The maximum atomic E-state index is 2.73. The smallest absolute Gasteiger partial charge is 0.252 e. The molecule has 2 aliphatic heterocycles. The number of nitrogens with zero attached hydrogens (tertiary/aromatic N) is 4. The first kappa shape index (κ1) is 65.1. The molecular formula is C90H101BN4. The molecule has 0 spiro atoms. The van der Waals surface area contributed by atoms with Crippen LogP contribution >= 0.6 is 0 Å². The molecule has 0 fully saturated rings. The molecule has 0 N–H and O–H groups in total. The van der Waals surface area contributed by atoms with Gasteiger partial charge in [-0.05, 0) is 229 Å². The molecule has 0 amide bonds. The van der Waals surface area contributed by atoms with Crippen LogP contribution in [-0.2, 0) is 37.9 Å². The normalized spacial score (nSPS) is 15.0. The van der Waals surface area contributed by atoms with Crippen molar-refractivity contribution in [3.05, 3.63) is 256 Å². The Kier molecular flexibility index (Phi) is 15.8. The summed E-state index contributed by atoms with van der Waals surface area (Å²) < 4.78 is 0. The van der Waals surface area contributed by atoms with Crippen LogP contribution in [0.3, 0.4) is 0 Å². The van der Waals surface area contributed by atoms with Gasteiger partial charge in [-0.3, -0.25) is 0 Å². The maximum absolute atomic E-state index is 2.73. The molecule has 4 nitrogen and oxygen atoms in total. The Morgan fingerprint density at radius 1 is 0.347 bits per heavy atom. The summed E-state index contributed by atoms with van der Waals surface area (Å²) in [7, 11) is 0. The third kappa shape index (κ3) is 11.9. The molecule has 0 atom stereocenters. The Morgan fingerprint density at radius 2 is 0.789 bits per heavy atom. The first-order valence-corrected chi connectivity index (χ1v) is 35.0. The van der Waals surface area contributed by atoms with Crippen LogP contribution < -0.4 is 36.0 Å². The van der Waals surface area contributed by atoms with Crippen molar-refractivity contribution in [1.29, 1.82) is 0 Å². The highest BCUT2D eigenvalue weighted by molar-refractivity contribution is 7.00. The van der Waals surface area contributed by atoms with Crippen LogP contribution in [0, 0.1) is 13.8 Å². The highest BCUT2D eigenvalue weighted by atomic mass is 15.2. The van der Waals surface area contributed by atoms with E-state index in [9.17, 15) is 0 Å². The topological polar surface area (TPSA) is 13.0 Å². The number of aryl methyl sites for hydroxylation is 2. The van der Waals surface area contributed by atoms with Gasteiger partial charge in [-0.25, -0.2) is 0 Å². The van der Waals surface area contributed by atoms with Crippen molar-refractivity contribution in [2.45, 2.75) is 196 Å². The van der Waals surface area contributed by atoms with Gasteiger partial charge in [0.15, 0.2) is 0 Å². The number of benzene rings is 10. The van der Waals surface area contributed by atoms with Crippen LogP contribution in [0.2, 0.25) is 0 Å². The summed E-state index contributed by atoms with van der Waals surface area (Å²) in [5.74, 6) is 0. The zero-order valence-corrected chi connectivity index (χ0v) is 60.9. The predicted octanol–water partition coefficient (Wildman–Crippen LogP) is 23.8. The molecule has 0 saturated carbocycles. The summed E-state index contributed by atoms with van der Waals surface area (Å²) in [5, 5.41) is 0. The molecule has 1 aliphatic carbocycles. The third-order valence-corrected chi connectivity index (χ3v) is 21.2. The lowest BCUT2D eigenvalue weighted by molar-refractivity contribution is 0.332. The molecule has 0 unspecified atom stereocenters. The fraction of sp³-hybridized carbons (Fsp3) is 0.333. The van der Waals surface area contributed by atoms with E-state index in [0.717, 1.165) is 52.7 Å². The van der Waals surface area contributed by atoms with Crippen LogP contribution in [-0.4, -0.2) is 6.71 Å². The average Bonchev–Trinajstić information content (AvgIpc) is 0.683. The highest BCUT2D eigenvalue weighted by Gasteiger charge is 2.48. The molecule has 13 rings (SSSR count). The first-order chi connectivity index (χ1) is 44.6. The van der Waals surface area contributed by atoms with Crippen molar-refractivity contribution >= 4 is 91.3 Å². The summed E-state index contributed by atoms with van der Waals surface area (Å²) in [6.45, 7) is 49.4. The molecule has 0 aromatic heterocycles. The van der Waals surface area contributed by atoms with Gasteiger partial charge >= 0.3 is 0 Å². The molecule has 2 heterocycles. The van der Waals surface area contributed by atoms with E-state index in [1.807, 2.05) is 0 Å². The van der Waals surface area contributed by atoms with E-state index in [1.54, 1.807) is 0 Å². The van der Waals surface area contributed by atoms with E-state index < -0.39 is 0 Å². The van der Waals surface area contributed by atoms with Crippen LogP contribution in [0.25, 0.3) is 11.1 Å². The number of fused-ring (bicyclic) bond motifs is 5. The molecular weight excluding hydrogens is 1150 g/mol. The Morgan fingerprint density at radius 3 is 1.29 bits per heavy atom. The van der Waals surface area contributed by atoms with Gasteiger partial charge in [-0.15, -0.1) is 0 Å². The second-order valence-corrected chi connectivity index (χ2v) is 34.5. The Balaban J connectivity index is 1.24. The second-order valence-electron chi connectivity index (χ2n) is 34.5. The van der Waals surface area contributed by atoms with E-state index in [1.165, 1.54) is 106 Å². The minimum absolute atomic E-state index is 0.0306. The van der Waals surface area contributed by atoms with Gasteiger partial charge in [0.1, 0.15) is 0 Å². The standard InChI is InChI=1S/C90H101BN4/c1-58-30-39-67(40-31-58)93(68-41-32-59(2)33-42-68)78-57-76-79(56-74(78)88(15,16)17)94(69-29-25-28-63(50-69)86(9,10)11)81-52-70(92(65-43-34-61(35-44-65)84(3,4)5)66-45-36-62(37-46-66)85(6,7)8)53-82-83(81)91(76)75-54-72-73(90(20,21)49-48-89(72,18)19)55-80(75)95(82)77-47-38-64(87(12,13)14)51-71(77)60-26-23-22-24-27-60/h22-47,50-57H,48-49H2,1-21H3. The molecule has 5 heteroatoms. The summed E-state index contributed by atoms with van der Waals surface area (Å²) in [4.78, 5) is 10.5. The zero-order chi connectivity index (χ0) is 67.9.